The summed E-state index contributed by atoms with van der Waals surface area (Å²) in [5.74, 6) is -1.87. The van der Waals surface area contributed by atoms with E-state index >= 15 is 0 Å². The van der Waals surface area contributed by atoms with Crippen LogP contribution in [0.1, 0.15) is 26.5 Å². The fourth-order valence-electron chi connectivity index (χ4n) is 4.76. The standard InChI is InChI=1S/C20H26N4O4S2/c1-9(5-21)6-22-8-23-12(7-30-19(23)18(22)29-4)13-10(2)15-14(11(3)25)17(26)24(15)16(13)20(27)28/h7-11,14-15,25H,5-6,21H2,1-4H3/p+1/t9-,10+,11-,14-,15-/m1/s1. The zero-order valence-corrected chi connectivity index (χ0v) is 19.0. The SMILES string of the molecule is CSc1c2scc(C3=C(C(=O)O)N4C(=O)[C@H]([C@@H](C)O)[C@H]4[C@H]3C)n2c[n+]1C[C@H](C)CN. The lowest BCUT2D eigenvalue weighted by Crippen LogP contribution is -2.63. The Morgan fingerprint density at radius 3 is 2.70 bits per heavy atom. The van der Waals surface area contributed by atoms with Gasteiger partial charge in [0.2, 0.25) is 15.8 Å². The molecule has 1 fully saturated rings. The summed E-state index contributed by atoms with van der Waals surface area (Å²) < 4.78 is 4.19. The second kappa shape index (κ2) is 7.67. The number of thioether (sulfide) groups is 1. The Kier molecular flexibility index (Phi) is 5.46. The first-order valence-corrected chi connectivity index (χ1v) is 12.1. The number of β-lactam (4-membered cyclic amide) rings is 1. The average molecular weight is 452 g/mol. The molecule has 0 aromatic carbocycles. The highest BCUT2D eigenvalue weighted by molar-refractivity contribution is 7.98. The molecular formula is C20H27N4O4S2+. The van der Waals surface area contributed by atoms with E-state index in [1.807, 2.05) is 29.3 Å². The highest BCUT2D eigenvalue weighted by Gasteiger charge is 2.60. The number of carboxylic acids is 1. The van der Waals surface area contributed by atoms with Gasteiger partial charge in [-0.1, -0.05) is 36.9 Å². The predicted octanol–water partition coefficient (Wildman–Crippen LogP) is 1.26. The number of hydrogen-bond donors (Lipinski definition) is 3. The molecular weight excluding hydrogens is 424 g/mol. The number of aliphatic carboxylic acids is 1. The summed E-state index contributed by atoms with van der Waals surface area (Å²) >= 11 is 3.21. The Morgan fingerprint density at radius 1 is 1.43 bits per heavy atom. The summed E-state index contributed by atoms with van der Waals surface area (Å²) in [5, 5.41) is 23.1. The Bertz CT molecular complexity index is 1060. The molecule has 0 unspecified atom stereocenters. The third-order valence-corrected chi connectivity index (χ3v) is 8.11. The van der Waals surface area contributed by atoms with Gasteiger partial charge in [-0.15, -0.1) is 0 Å². The second-order valence-corrected chi connectivity index (χ2v) is 9.89. The Hall–Kier alpha value is -1.88. The zero-order chi connectivity index (χ0) is 21.9. The van der Waals surface area contributed by atoms with E-state index < -0.39 is 18.0 Å². The van der Waals surface area contributed by atoms with Crippen molar-refractivity contribution < 1.29 is 24.4 Å². The number of carboxylic acid groups (broad SMARTS) is 1. The fraction of sp³-hybridized carbons (Fsp3) is 0.550. The number of hydrogen-bond acceptors (Lipinski definition) is 6. The number of carbonyl (C=O) groups is 2. The minimum absolute atomic E-state index is 0.0374. The topological polar surface area (TPSA) is 112 Å². The molecule has 0 saturated carbocycles. The molecule has 2 aromatic heterocycles. The molecule has 1 saturated heterocycles. The molecule has 4 heterocycles. The van der Waals surface area contributed by atoms with Crippen LogP contribution in [0, 0.1) is 17.8 Å². The van der Waals surface area contributed by atoms with Crippen molar-refractivity contribution >= 4 is 45.4 Å². The summed E-state index contributed by atoms with van der Waals surface area (Å²) in [6, 6.07) is -0.325. The van der Waals surface area contributed by atoms with Gasteiger partial charge in [0.05, 0.1) is 24.6 Å². The number of carbonyl (C=O) groups excluding carboxylic acids is 1. The number of rotatable bonds is 7. The third-order valence-electron chi connectivity index (χ3n) is 6.21. The number of imidazole rings is 1. The molecule has 162 valence electrons. The minimum atomic E-state index is -1.11. The van der Waals surface area contributed by atoms with Crippen LogP contribution in [0.25, 0.3) is 10.4 Å². The number of nitrogens with two attached hydrogens (primary N) is 1. The summed E-state index contributed by atoms with van der Waals surface area (Å²) in [6.07, 6.45) is 3.21. The number of thiazole rings is 1. The van der Waals surface area contributed by atoms with Crippen molar-refractivity contribution in [2.75, 3.05) is 12.8 Å². The monoisotopic (exact) mass is 451 g/mol. The number of aromatic nitrogens is 2. The van der Waals surface area contributed by atoms with Gasteiger partial charge in [0.25, 0.3) is 6.33 Å². The molecule has 4 N–H and O–H groups in total. The van der Waals surface area contributed by atoms with E-state index in [1.54, 1.807) is 30.0 Å². The molecule has 8 nitrogen and oxygen atoms in total. The number of nitrogens with zero attached hydrogens (tertiary/aromatic N) is 3. The highest BCUT2D eigenvalue weighted by Crippen LogP contribution is 2.51. The van der Waals surface area contributed by atoms with E-state index in [4.69, 9.17) is 5.73 Å². The molecule has 2 aliphatic heterocycles. The van der Waals surface area contributed by atoms with Crippen LogP contribution in [0.4, 0.5) is 0 Å². The predicted molar refractivity (Wildman–Crippen MR) is 115 cm³/mol. The van der Waals surface area contributed by atoms with Crippen molar-refractivity contribution in [1.82, 2.24) is 9.30 Å². The lowest BCUT2D eigenvalue weighted by atomic mass is 9.77. The van der Waals surface area contributed by atoms with Crippen molar-refractivity contribution in [2.45, 2.75) is 44.5 Å². The number of aliphatic hydroxyl groups is 1. The third kappa shape index (κ3) is 2.92. The van der Waals surface area contributed by atoms with Crippen LogP contribution in [0.2, 0.25) is 0 Å². The molecule has 5 atom stereocenters. The highest BCUT2D eigenvalue weighted by atomic mass is 32.2. The minimum Gasteiger partial charge on any atom is -0.477 e. The Balaban J connectivity index is 1.85. The van der Waals surface area contributed by atoms with Crippen molar-refractivity contribution in [3.05, 3.63) is 23.1 Å². The second-order valence-electron chi connectivity index (χ2n) is 8.24. The van der Waals surface area contributed by atoms with Crippen LogP contribution in [0.15, 0.2) is 22.4 Å². The Morgan fingerprint density at radius 2 is 2.13 bits per heavy atom. The van der Waals surface area contributed by atoms with Crippen molar-refractivity contribution in [3.8, 4) is 0 Å². The van der Waals surface area contributed by atoms with Gasteiger partial charge in [0.1, 0.15) is 11.4 Å². The van der Waals surface area contributed by atoms with Gasteiger partial charge in [0, 0.05) is 22.8 Å². The molecule has 0 aliphatic carbocycles. The van der Waals surface area contributed by atoms with E-state index in [0.29, 0.717) is 18.0 Å². The lowest BCUT2D eigenvalue weighted by Gasteiger charge is -2.46. The van der Waals surface area contributed by atoms with E-state index in [1.165, 1.54) is 4.90 Å². The van der Waals surface area contributed by atoms with E-state index in [0.717, 1.165) is 22.1 Å². The van der Waals surface area contributed by atoms with E-state index in [9.17, 15) is 19.8 Å². The van der Waals surface area contributed by atoms with Gasteiger partial charge in [0.15, 0.2) is 0 Å². The number of fused-ring (bicyclic) bond motifs is 2. The smallest absolute Gasteiger partial charge is 0.353 e. The van der Waals surface area contributed by atoms with Crippen LogP contribution in [-0.2, 0) is 16.1 Å². The normalized spacial score (nSPS) is 25.6. The molecule has 2 aliphatic rings. The number of aliphatic hydroxyl groups excluding tert-OH is 1. The molecule has 2 aromatic rings. The maximum absolute atomic E-state index is 12.6. The van der Waals surface area contributed by atoms with Crippen molar-refractivity contribution in [2.24, 2.45) is 23.5 Å². The van der Waals surface area contributed by atoms with Gasteiger partial charge in [-0.25, -0.2) is 9.36 Å². The van der Waals surface area contributed by atoms with Gasteiger partial charge in [-0.2, -0.15) is 4.40 Å². The summed E-state index contributed by atoms with van der Waals surface area (Å²) in [4.78, 5) is 27.2. The maximum atomic E-state index is 12.6. The lowest BCUT2D eigenvalue weighted by molar-refractivity contribution is -0.734. The Labute approximate surface area is 183 Å². The summed E-state index contributed by atoms with van der Waals surface area (Å²) in [7, 11) is 0. The van der Waals surface area contributed by atoms with Crippen molar-refractivity contribution in [1.29, 1.82) is 0 Å². The van der Waals surface area contributed by atoms with Gasteiger partial charge in [-0.05, 0) is 19.7 Å². The largest absolute Gasteiger partial charge is 0.477 e. The molecule has 30 heavy (non-hydrogen) atoms. The van der Waals surface area contributed by atoms with Crippen LogP contribution < -0.4 is 10.3 Å². The van der Waals surface area contributed by atoms with Crippen LogP contribution in [-0.4, -0.2) is 56.3 Å². The van der Waals surface area contributed by atoms with Crippen molar-refractivity contribution in [3.63, 3.8) is 0 Å². The van der Waals surface area contributed by atoms with Gasteiger partial charge >= 0.3 is 5.97 Å². The molecule has 10 heteroatoms. The number of amides is 1. The quantitative estimate of drug-likeness (QED) is 0.332. The van der Waals surface area contributed by atoms with Crippen LogP contribution >= 0.6 is 23.1 Å². The van der Waals surface area contributed by atoms with E-state index in [2.05, 4.69) is 11.5 Å². The van der Waals surface area contributed by atoms with Gasteiger partial charge in [-0.3, -0.25) is 4.79 Å². The van der Waals surface area contributed by atoms with Crippen LogP contribution in [0.5, 0.6) is 0 Å². The average Bonchev–Trinajstić information content (AvgIpc) is 3.30. The maximum Gasteiger partial charge on any atom is 0.353 e. The fourth-order valence-corrected chi connectivity index (χ4v) is 6.73. The molecule has 0 bridgehead atoms. The van der Waals surface area contributed by atoms with Gasteiger partial charge < -0.3 is 20.8 Å². The molecule has 1 amide bonds. The van der Waals surface area contributed by atoms with E-state index in [-0.39, 0.29) is 23.6 Å². The van der Waals surface area contributed by atoms with Crippen LogP contribution in [0.3, 0.4) is 0 Å². The molecule has 0 spiro atoms. The first-order chi connectivity index (χ1) is 14.2. The zero-order valence-electron chi connectivity index (χ0n) is 17.4. The summed E-state index contributed by atoms with van der Waals surface area (Å²) in [5.41, 5.74) is 7.29. The molecule has 0 radical (unpaired) electrons. The first kappa shape index (κ1) is 21.4. The molecule has 4 rings (SSSR count). The summed E-state index contributed by atoms with van der Waals surface area (Å²) in [6.45, 7) is 6.99. The first-order valence-electron chi connectivity index (χ1n) is 9.97.